The van der Waals surface area contributed by atoms with Crippen LogP contribution in [0.5, 0.6) is 0 Å². The maximum Gasteiger partial charge on any atom is 0.261 e. The minimum absolute atomic E-state index is 0.0869. The third-order valence-electron chi connectivity index (χ3n) is 5.15. The van der Waals surface area contributed by atoms with Crippen LogP contribution < -0.4 is 4.72 Å². The number of halogens is 1. The molecule has 1 amide bonds. The summed E-state index contributed by atoms with van der Waals surface area (Å²) in [6, 6.07) is 22.5. The van der Waals surface area contributed by atoms with Gasteiger partial charge in [0.15, 0.2) is 0 Å². The fourth-order valence-corrected chi connectivity index (χ4v) is 4.64. The topological polar surface area (TPSA) is 66.5 Å². The van der Waals surface area contributed by atoms with Crippen molar-refractivity contribution in [3.63, 3.8) is 0 Å². The molecule has 5 nitrogen and oxygen atoms in total. The van der Waals surface area contributed by atoms with Crippen LogP contribution in [0.2, 0.25) is 5.02 Å². The molecular weight excluding hydrogens is 432 g/mol. The Morgan fingerprint density at radius 3 is 2.19 bits per heavy atom. The molecule has 1 aliphatic heterocycles. The molecule has 158 valence electrons. The van der Waals surface area contributed by atoms with Gasteiger partial charge in [-0.3, -0.25) is 9.52 Å². The zero-order valence-corrected chi connectivity index (χ0v) is 18.2. The van der Waals surface area contributed by atoms with Crippen LogP contribution in [0.15, 0.2) is 89.8 Å². The number of sulfonamides is 1. The van der Waals surface area contributed by atoms with Crippen LogP contribution >= 0.6 is 11.6 Å². The maximum atomic E-state index is 12.8. The molecule has 0 unspecified atom stereocenters. The summed E-state index contributed by atoms with van der Waals surface area (Å²) >= 11 is 5.83. The van der Waals surface area contributed by atoms with Crippen molar-refractivity contribution >= 4 is 38.8 Å². The van der Waals surface area contributed by atoms with E-state index < -0.39 is 10.0 Å². The molecule has 31 heavy (non-hydrogen) atoms. The van der Waals surface area contributed by atoms with Crippen molar-refractivity contribution in [1.82, 2.24) is 4.90 Å². The van der Waals surface area contributed by atoms with Crippen molar-refractivity contribution in [1.29, 1.82) is 0 Å². The summed E-state index contributed by atoms with van der Waals surface area (Å²) in [5.74, 6) is -0.113. The number of nitrogens with zero attached hydrogens (tertiary/aromatic N) is 1. The van der Waals surface area contributed by atoms with Crippen LogP contribution in [0.1, 0.15) is 22.3 Å². The Hall–Kier alpha value is -3.09. The van der Waals surface area contributed by atoms with Gasteiger partial charge < -0.3 is 4.90 Å². The second-order valence-electron chi connectivity index (χ2n) is 7.23. The second kappa shape index (κ2) is 8.96. The van der Waals surface area contributed by atoms with Gasteiger partial charge in [-0.05, 0) is 66.1 Å². The van der Waals surface area contributed by atoms with Crippen molar-refractivity contribution < 1.29 is 13.2 Å². The average molecular weight is 453 g/mol. The van der Waals surface area contributed by atoms with Crippen molar-refractivity contribution in [3.05, 3.63) is 101 Å². The Balaban J connectivity index is 1.44. The molecule has 3 aromatic rings. The van der Waals surface area contributed by atoms with E-state index >= 15 is 0 Å². The van der Waals surface area contributed by atoms with Gasteiger partial charge in [0.1, 0.15) is 0 Å². The number of benzene rings is 3. The number of anilines is 1. The van der Waals surface area contributed by atoms with Gasteiger partial charge in [-0.15, -0.1) is 0 Å². The van der Waals surface area contributed by atoms with E-state index in [2.05, 4.69) is 22.9 Å². The summed E-state index contributed by atoms with van der Waals surface area (Å²) in [6.45, 7) is 1.15. The van der Waals surface area contributed by atoms with Gasteiger partial charge in [-0.1, -0.05) is 48.0 Å². The Bertz CT molecular complexity index is 1210. The third-order valence-corrected chi connectivity index (χ3v) is 6.80. The molecule has 0 saturated heterocycles. The molecule has 7 heteroatoms. The van der Waals surface area contributed by atoms with Crippen LogP contribution in [0.25, 0.3) is 5.57 Å². The quantitative estimate of drug-likeness (QED) is 0.587. The molecule has 0 saturated carbocycles. The molecule has 4 rings (SSSR count). The molecule has 3 aromatic carbocycles. The van der Waals surface area contributed by atoms with E-state index in [9.17, 15) is 13.2 Å². The van der Waals surface area contributed by atoms with Crippen molar-refractivity contribution in [2.75, 3.05) is 17.8 Å². The second-order valence-corrected chi connectivity index (χ2v) is 9.35. The van der Waals surface area contributed by atoms with Crippen molar-refractivity contribution in [2.45, 2.75) is 11.3 Å². The minimum atomic E-state index is -3.76. The van der Waals surface area contributed by atoms with E-state index in [4.69, 9.17) is 11.6 Å². The fraction of sp³-hybridized carbons (Fsp3) is 0.125. The van der Waals surface area contributed by atoms with E-state index in [1.54, 1.807) is 41.3 Å². The molecule has 0 fully saturated rings. The standard InChI is InChI=1S/C24H21ClN2O3S/c25-21-8-10-22(11-9-21)26-31(29,30)23-12-6-20(7-13-23)24(28)27-16-14-19(15-17-27)18-4-2-1-3-5-18/h1-14,26H,15-17H2. The minimum Gasteiger partial charge on any atom is -0.335 e. The molecule has 0 aromatic heterocycles. The Labute approximate surface area is 187 Å². The molecular formula is C24H21ClN2O3S. The normalized spacial score (nSPS) is 14.1. The van der Waals surface area contributed by atoms with Gasteiger partial charge in [0.2, 0.25) is 0 Å². The number of nitrogens with one attached hydrogen (secondary N) is 1. The van der Waals surface area contributed by atoms with Crippen LogP contribution in [-0.4, -0.2) is 32.3 Å². The number of carbonyl (C=O) groups excluding carboxylic acids is 1. The number of rotatable bonds is 5. The molecule has 0 aliphatic carbocycles. The van der Waals surface area contributed by atoms with E-state index in [0.29, 0.717) is 29.4 Å². The lowest BCUT2D eigenvalue weighted by atomic mass is 9.99. The smallest absolute Gasteiger partial charge is 0.261 e. The number of hydrogen-bond donors (Lipinski definition) is 1. The highest BCUT2D eigenvalue weighted by Crippen LogP contribution is 2.24. The molecule has 1 N–H and O–H groups in total. The summed E-state index contributed by atoms with van der Waals surface area (Å²) in [6.07, 6.45) is 2.86. The Kier molecular flexibility index (Phi) is 6.11. The SMILES string of the molecule is O=C(c1ccc(S(=O)(=O)Nc2ccc(Cl)cc2)cc1)N1CC=C(c2ccccc2)CC1. The van der Waals surface area contributed by atoms with Crippen LogP contribution in [-0.2, 0) is 10.0 Å². The fourth-order valence-electron chi connectivity index (χ4n) is 3.46. The molecule has 0 bridgehead atoms. The largest absolute Gasteiger partial charge is 0.335 e. The zero-order chi connectivity index (χ0) is 21.8. The number of amides is 1. The average Bonchev–Trinajstić information content (AvgIpc) is 2.81. The van der Waals surface area contributed by atoms with E-state index in [1.165, 1.54) is 23.3 Å². The summed E-state index contributed by atoms with van der Waals surface area (Å²) in [5, 5.41) is 0.522. The molecule has 0 radical (unpaired) electrons. The van der Waals surface area contributed by atoms with Gasteiger partial charge in [-0.25, -0.2) is 8.42 Å². The van der Waals surface area contributed by atoms with E-state index in [-0.39, 0.29) is 10.8 Å². The lowest BCUT2D eigenvalue weighted by Crippen LogP contribution is -2.34. The van der Waals surface area contributed by atoms with Gasteiger partial charge in [-0.2, -0.15) is 0 Å². The van der Waals surface area contributed by atoms with E-state index in [1.807, 2.05) is 18.2 Å². The third kappa shape index (κ3) is 4.98. The number of hydrogen-bond acceptors (Lipinski definition) is 3. The van der Waals surface area contributed by atoms with Gasteiger partial charge in [0.05, 0.1) is 4.90 Å². The lowest BCUT2D eigenvalue weighted by molar-refractivity contribution is 0.0773. The lowest BCUT2D eigenvalue weighted by Gasteiger charge is -2.27. The highest BCUT2D eigenvalue weighted by atomic mass is 35.5. The first-order valence-corrected chi connectivity index (χ1v) is 11.7. The first-order valence-electron chi connectivity index (χ1n) is 9.84. The van der Waals surface area contributed by atoms with Crippen molar-refractivity contribution in [2.24, 2.45) is 0 Å². The maximum absolute atomic E-state index is 12.8. The van der Waals surface area contributed by atoms with Gasteiger partial charge in [0.25, 0.3) is 15.9 Å². The summed E-state index contributed by atoms with van der Waals surface area (Å²) < 4.78 is 27.7. The molecule has 0 atom stereocenters. The van der Waals surface area contributed by atoms with Gasteiger partial charge in [0, 0.05) is 29.4 Å². The highest BCUT2D eigenvalue weighted by molar-refractivity contribution is 7.92. The Morgan fingerprint density at radius 1 is 0.903 bits per heavy atom. The first-order chi connectivity index (χ1) is 14.9. The Morgan fingerprint density at radius 2 is 1.58 bits per heavy atom. The predicted molar refractivity (Wildman–Crippen MR) is 124 cm³/mol. The molecule has 1 aliphatic rings. The zero-order valence-electron chi connectivity index (χ0n) is 16.7. The van der Waals surface area contributed by atoms with Crippen LogP contribution in [0.4, 0.5) is 5.69 Å². The highest BCUT2D eigenvalue weighted by Gasteiger charge is 2.21. The van der Waals surface area contributed by atoms with Crippen molar-refractivity contribution in [3.8, 4) is 0 Å². The summed E-state index contributed by atoms with van der Waals surface area (Å²) in [5.41, 5.74) is 3.29. The summed E-state index contributed by atoms with van der Waals surface area (Å²) in [7, 11) is -3.76. The first kappa shape index (κ1) is 21.2. The number of carbonyl (C=O) groups is 1. The monoisotopic (exact) mass is 452 g/mol. The predicted octanol–water partition coefficient (Wildman–Crippen LogP) is 5.07. The van der Waals surface area contributed by atoms with Crippen LogP contribution in [0, 0.1) is 0 Å². The van der Waals surface area contributed by atoms with E-state index in [0.717, 1.165) is 6.42 Å². The van der Waals surface area contributed by atoms with Crippen LogP contribution in [0.3, 0.4) is 0 Å². The van der Waals surface area contributed by atoms with Gasteiger partial charge >= 0.3 is 0 Å². The summed E-state index contributed by atoms with van der Waals surface area (Å²) in [4.78, 5) is 14.7. The molecule has 0 spiro atoms. The molecule has 1 heterocycles.